The summed E-state index contributed by atoms with van der Waals surface area (Å²) < 4.78 is 0.805. The smallest absolute Gasteiger partial charge is 0.183 e. The van der Waals surface area contributed by atoms with Gasteiger partial charge in [0.25, 0.3) is 0 Å². The van der Waals surface area contributed by atoms with Crippen LogP contribution in [0, 0.1) is 5.92 Å². The van der Waals surface area contributed by atoms with Crippen LogP contribution in [0.2, 0.25) is 4.34 Å². The molecule has 2 aromatic heterocycles. The van der Waals surface area contributed by atoms with E-state index in [1.165, 1.54) is 0 Å². The van der Waals surface area contributed by atoms with Gasteiger partial charge in [-0.1, -0.05) is 25.4 Å². The molecule has 0 fully saturated rings. The fourth-order valence-corrected chi connectivity index (χ4v) is 3.01. The first-order valence-corrected chi connectivity index (χ1v) is 7.17. The van der Waals surface area contributed by atoms with Crippen molar-refractivity contribution in [3.8, 4) is 10.6 Å². The Morgan fingerprint density at radius 1 is 1.44 bits per heavy atom. The first-order chi connectivity index (χ1) is 7.65. The summed E-state index contributed by atoms with van der Waals surface area (Å²) >= 11 is 9.10. The van der Waals surface area contributed by atoms with Crippen LogP contribution < -0.4 is 5.32 Å². The molecule has 16 heavy (non-hydrogen) atoms. The predicted molar refractivity (Wildman–Crippen MR) is 73.8 cm³/mol. The van der Waals surface area contributed by atoms with E-state index in [9.17, 15) is 0 Å². The van der Waals surface area contributed by atoms with Crippen molar-refractivity contribution in [1.82, 2.24) is 4.98 Å². The molecule has 2 rings (SSSR count). The number of thiophene rings is 1. The average Bonchev–Trinajstić information content (AvgIpc) is 2.83. The molecule has 1 N–H and O–H groups in total. The molecule has 0 aliphatic rings. The van der Waals surface area contributed by atoms with Gasteiger partial charge in [0.15, 0.2) is 5.13 Å². The van der Waals surface area contributed by atoms with Crippen LogP contribution in [0.15, 0.2) is 17.5 Å². The first-order valence-electron chi connectivity index (χ1n) is 5.10. The predicted octanol–water partition coefficient (Wildman–Crippen LogP) is 4.59. The zero-order chi connectivity index (χ0) is 11.5. The summed E-state index contributed by atoms with van der Waals surface area (Å²) in [5.74, 6) is 0.628. The van der Waals surface area contributed by atoms with Crippen molar-refractivity contribution < 1.29 is 0 Å². The number of hydrogen-bond acceptors (Lipinski definition) is 4. The zero-order valence-corrected chi connectivity index (χ0v) is 11.5. The number of halogens is 1. The quantitative estimate of drug-likeness (QED) is 0.880. The fraction of sp³-hybridized carbons (Fsp3) is 0.364. The number of rotatable bonds is 4. The van der Waals surface area contributed by atoms with E-state index < -0.39 is 0 Å². The van der Waals surface area contributed by atoms with Gasteiger partial charge in [0.1, 0.15) is 0 Å². The van der Waals surface area contributed by atoms with Gasteiger partial charge in [-0.25, -0.2) is 4.98 Å². The molecule has 0 aliphatic heterocycles. The standard InChI is InChI=1S/C11H13ClN2S2/c1-7(2)5-13-11-14-8(6-15-11)9-3-4-10(12)16-9/h3-4,6-7H,5H2,1-2H3,(H,13,14). The van der Waals surface area contributed by atoms with Crippen LogP contribution in [0.25, 0.3) is 10.6 Å². The van der Waals surface area contributed by atoms with Gasteiger partial charge in [-0.3, -0.25) is 0 Å². The Bertz CT molecular complexity index is 462. The number of nitrogens with one attached hydrogen (secondary N) is 1. The van der Waals surface area contributed by atoms with Crippen LogP contribution in [0.1, 0.15) is 13.8 Å². The van der Waals surface area contributed by atoms with Crippen LogP contribution in [0.3, 0.4) is 0 Å². The molecular weight excluding hydrogens is 260 g/mol. The van der Waals surface area contributed by atoms with Crippen LogP contribution in [-0.4, -0.2) is 11.5 Å². The van der Waals surface area contributed by atoms with Crippen molar-refractivity contribution in [2.24, 2.45) is 5.92 Å². The summed E-state index contributed by atoms with van der Waals surface area (Å²) in [6, 6.07) is 3.91. The lowest BCUT2D eigenvalue weighted by atomic mass is 10.2. The van der Waals surface area contributed by atoms with Crippen molar-refractivity contribution >= 4 is 39.4 Å². The van der Waals surface area contributed by atoms with Crippen LogP contribution in [0.4, 0.5) is 5.13 Å². The van der Waals surface area contributed by atoms with Crippen molar-refractivity contribution in [3.05, 3.63) is 21.8 Å². The highest BCUT2D eigenvalue weighted by atomic mass is 35.5. The topological polar surface area (TPSA) is 24.9 Å². The Balaban J connectivity index is 2.07. The molecule has 0 atom stereocenters. The highest BCUT2D eigenvalue weighted by Gasteiger charge is 2.06. The third kappa shape index (κ3) is 2.97. The van der Waals surface area contributed by atoms with E-state index in [1.807, 2.05) is 12.1 Å². The van der Waals surface area contributed by atoms with Crippen LogP contribution >= 0.6 is 34.3 Å². The second kappa shape index (κ2) is 5.17. The molecule has 2 nitrogen and oxygen atoms in total. The Morgan fingerprint density at radius 3 is 2.88 bits per heavy atom. The first kappa shape index (κ1) is 11.9. The average molecular weight is 273 g/mol. The van der Waals surface area contributed by atoms with E-state index >= 15 is 0 Å². The lowest BCUT2D eigenvalue weighted by molar-refractivity contribution is 0.688. The van der Waals surface area contributed by atoms with E-state index in [0.717, 1.165) is 26.6 Å². The minimum atomic E-state index is 0.628. The second-order valence-electron chi connectivity index (χ2n) is 3.92. The van der Waals surface area contributed by atoms with Gasteiger partial charge < -0.3 is 5.32 Å². The normalized spacial score (nSPS) is 11.0. The second-order valence-corrected chi connectivity index (χ2v) is 6.49. The van der Waals surface area contributed by atoms with Gasteiger partial charge in [0, 0.05) is 11.9 Å². The molecule has 0 aromatic carbocycles. The maximum Gasteiger partial charge on any atom is 0.183 e. The third-order valence-corrected chi connectivity index (χ3v) is 4.05. The number of nitrogens with zero attached hydrogens (tertiary/aromatic N) is 1. The molecule has 0 amide bonds. The van der Waals surface area contributed by atoms with Gasteiger partial charge in [0.2, 0.25) is 0 Å². The molecule has 5 heteroatoms. The lowest BCUT2D eigenvalue weighted by Gasteiger charge is -2.04. The molecule has 2 aromatic rings. The van der Waals surface area contributed by atoms with E-state index in [1.54, 1.807) is 22.7 Å². The van der Waals surface area contributed by atoms with E-state index in [4.69, 9.17) is 11.6 Å². The highest BCUT2D eigenvalue weighted by molar-refractivity contribution is 7.20. The maximum atomic E-state index is 5.90. The van der Waals surface area contributed by atoms with Gasteiger partial charge in [0.05, 0.1) is 14.9 Å². The van der Waals surface area contributed by atoms with Gasteiger partial charge in [-0.05, 0) is 18.1 Å². The Morgan fingerprint density at radius 2 is 2.25 bits per heavy atom. The number of thiazole rings is 1. The summed E-state index contributed by atoms with van der Waals surface area (Å²) in [5.41, 5.74) is 1.01. The summed E-state index contributed by atoms with van der Waals surface area (Å²) in [6.07, 6.45) is 0. The van der Waals surface area contributed by atoms with Crippen molar-refractivity contribution in [1.29, 1.82) is 0 Å². The summed E-state index contributed by atoms with van der Waals surface area (Å²) in [4.78, 5) is 5.65. The van der Waals surface area contributed by atoms with Crippen molar-refractivity contribution in [3.63, 3.8) is 0 Å². The fourth-order valence-electron chi connectivity index (χ4n) is 1.21. The van der Waals surface area contributed by atoms with Gasteiger partial charge in [-0.2, -0.15) is 0 Å². The van der Waals surface area contributed by atoms with E-state index in [0.29, 0.717) is 5.92 Å². The molecule has 0 saturated carbocycles. The third-order valence-electron chi connectivity index (χ3n) is 1.99. The minimum Gasteiger partial charge on any atom is -0.361 e. The molecular formula is C11H13ClN2S2. The van der Waals surface area contributed by atoms with Gasteiger partial charge >= 0.3 is 0 Å². The van der Waals surface area contributed by atoms with Gasteiger partial charge in [-0.15, -0.1) is 22.7 Å². The molecule has 0 aliphatic carbocycles. The van der Waals surface area contributed by atoms with Crippen LogP contribution in [-0.2, 0) is 0 Å². The van der Waals surface area contributed by atoms with Crippen molar-refractivity contribution in [2.75, 3.05) is 11.9 Å². The number of anilines is 1. The molecule has 2 heterocycles. The zero-order valence-electron chi connectivity index (χ0n) is 9.16. The molecule has 0 spiro atoms. The molecule has 0 saturated heterocycles. The van der Waals surface area contributed by atoms with Crippen LogP contribution in [0.5, 0.6) is 0 Å². The highest BCUT2D eigenvalue weighted by Crippen LogP contribution is 2.32. The number of aromatic nitrogens is 1. The number of hydrogen-bond donors (Lipinski definition) is 1. The summed E-state index contributed by atoms with van der Waals surface area (Å²) in [5, 5.41) is 6.36. The Hall–Kier alpha value is -0.580. The Kier molecular flexibility index (Phi) is 3.84. The summed E-state index contributed by atoms with van der Waals surface area (Å²) in [7, 11) is 0. The monoisotopic (exact) mass is 272 g/mol. The molecule has 86 valence electrons. The largest absolute Gasteiger partial charge is 0.361 e. The van der Waals surface area contributed by atoms with Crippen molar-refractivity contribution in [2.45, 2.75) is 13.8 Å². The Labute approximate surface area is 108 Å². The maximum absolute atomic E-state index is 5.90. The SMILES string of the molecule is CC(C)CNc1nc(-c2ccc(Cl)s2)cs1. The molecule has 0 bridgehead atoms. The van der Waals surface area contributed by atoms with E-state index in [2.05, 4.69) is 29.5 Å². The molecule has 0 unspecified atom stereocenters. The minimum absolute atomic E-state index is 0.628. The summed E-state index contributed by atoms with van der Waals surface area (Å²) in [6.45, 7) is 5.32. The van der Waals surface area contributed by atoms with E-state index in [-0.39, 0.29) is 0 Å². The lowest BCUT2D eigenvalue weighted by Crippen LogP contribution is -2.07. The molecule has 0 radical (unpaired) electrons.